The summed E-state index contributed by atoms with van der Waals surface area (Å²) in [7, 11) is 0.930. The molecule has 2 fully saturated rings. The van der Waals surface area contributed by atoms with Crippen LogP contribution in [-0.4, -0.2) is 26.2 Å². The summed E-state index contributed by atoms with van der Waals surface area (Å²) in [6, 6.07) is 1.90. The zero-order chi connectivity index (χ0) is 25.9. The van der Waals surface area contributed by atoms with E-state index in [0.717, 1.165) is 38.4 Å². The highest BCUT2D eigenvalue weighted by Crippen LogP contribution is 2.53. The van der Waals surface area contributed by atoms with Gasteiger partial charge in [0.25, 0.3) is 0 Å². The first-order valence-electron chi connectivity index (χ1n) is 10.3. The minimum Gasteiger partial charge on any atom is -0.407 e. The van der Waals surface area contributed by atoms with Crippen molar-refractivity contribution in [3.8, 4) is 5.75 Å². The van der Waals surface area contributed by atoms with E-state index in [1.54, 1.807) is 0 Å². The summed E-state index contributed by atoms with van der Waals surface area (Å²) in [5.74, 6) is -3.64. The number of ether oxygens (including phenoxy) is 1. The van der Waals surface area contributed by atoms with E-state index in [0.29, 0.717) is 11.0 Å². The summed E-state index contributed by atoms with van der Waals surface area (Å²) in [4.78, 5) is 14.4. The SMILES string of the molecule is CN(C(=O)Oc1c(N2CC3(CCC3)C2)cc(C(F)(F)F)cc1C(F)(F)F)c1ccc(F)c(Cl)c1F. The van der Waals surface area contributed by atoms with Crippen LogP contribution in [0.5, 0.6) is 5.75 Å². The van der Waals surface area contributed by atoms with Crippen LogP contribution >= 0.6 is 11.6 Å². The summed E-state index contributed by atoms with van der Waals surface area (Å²) < 4.78 is 115. The fraction of sp³-hybridized carbons (Fsp3) is 0.409. The number of carbonyl (C=O) groups is 1. The lowest BCUT2D eigenvalue weighted by atomic mass is 9.63. The maximum absolute atomic E-state index is 14.3. The number of rotatable bonds is 3. The van der Waals surface area contributed by atoms with E-state index in [9.17, 15) is 39.9 Å². The van der Waals surface area contributed by atoms with Crippen LogP contribution < -0.4 is 14.5 Å². The second-order valence-electron chi connectivity index (χ2n) is 8.70. The predicted molar refractivity (Wildman–Crippen MR) is 111 cm³/mol. The lowest BCUT2D eigenvalue weighted by Crippen LogP contribution is -2.60. The van der Waals surface area contributed by atoms with Gasteiger partial charge in [0, 0.05) is 25.6 Å². The summed E-state index contributed by atoms with van der Waals surface area (Å²) in [6.07, 6.45) is -9.47. The fourth-order valence-corrected chi connectivity index (χ4v) is 4.45. The minimum atomic E-state index is -5.31. The molecule has 2 aliphatic rings. The van der Waals surface area contributed by atoms with E-state index in [1.807, 2.05) is 0 Å². The zero-order valence-electron chi connectivity index (χ0n) is 18.0. The second kappa shape index (κ2) is 8.42. The predicted octanol–water partition coefficient (Wildman–Crippen LogP) is 7.28. The van der Waals surface area contributed by atoms with Gasteiger partial charge in [0.05, 0.1) is 16.9 Å². The Bertz CT molecular complexity index is 1170. The van der Waals surface area contributed by atoms with Crippen molar-refractivity contribution in [3.63, 3.8) is 0 Å². The molecule has 0 aromatic heterocycles. The number of anilines is 2. The number of carbonyl (C=O) groups excluding carboxylic acids is 1. The molecule has 4 nitrogen and oxygen atoms in total. The van der Waals surface area contributed by atoms with Gasteiger partial charge >= 0.3 is 18.4 Å². The van der Waals surface area contributed by atoms with Crippen molar-refractivity contribution in [2.75, 3.05) is 29.9 Å². The molecule has 0 radical (unpaired) electrons. The van der Waals surface area contributed by atoms with Gasteiger partial charge in [-0.3, -0.25) is 4.90 Å². The number of hydrogen-bond acceptors (Lipinski definition) is 3. The molecule has 0 bridgehead atoms. The van der Waals surface area contributed by atoms with E-state index < -0.39 is 63.4 Å². The molecule has 2 aromatic rings. The van der Waals surface area contributed by atoms with E-state index in [4.69, 9.17) is 16.3 Å². The highest BCUT2D eigenvalue weighted by Gasteiger charge is 2.50. The summed E-state index contributed by atoms with van der Waals surface area (Å²) in [6.45, 7) is 0.405. The average Bonchev–Trinajstić information content (AvgIpc) is 2.68. The fourth-order valence-electron chi connectivity index (χ4n) is 4.29. The Labute approximate surface area is 199 Å². The van der Waals surface area contributed by atoms with Gasteiger partial charge in [-0.1, -0.05) is 18.0 Å². The van der Waals surface area contributed by atoms with E-state index in [2.05, 4.69) is 0 Å². The highest BCUT2D eigenvalue weighted by molar-refractivity contribution is 6.31. The van der Waals surface area contributed by atoms with Gasteiger partial charge < -0.3 is 9.64 Å². The maximum Gasteiger partial charge on any atom is 0.420 e. The highest BCUT2D eigenvalue weighted by atomic mass is 35.5. The molecule has 1 spiro atoms. The number of hydrogen-bond donors (Lipinski definition) is 0. The Morgan fingerprint density at radius 1 is 1.06 bits per heavy atom. The number of amides is 1. The first-order valence-corrected chi connectivity index (χ1v) is 10.7. The van der Waals surface area contributed by atoms with Crippen molar-refractivity contribution in [3.05, 3.63) is 52.0 Å². The normalized spacial score (nSPS) is 17.1. The van der Waals surface area contributed by atoms with Crippen LogP contribution in [0.4, 0.5) is 51.3 Å². The second-order valence-corrected chi connectivity index (χ2v) is 9.08. The number of benzene rings is 2. The quantitative estimate of drug-likeness (QED) is 0.310. The van der Waals surface area contributed by atoms with E-state index in [-0.39, 0.29) is 24.6 Å². The molecule has 4 rings (SSSR count). The standard InChI is InChI=1S/C22H17ClF8N2O2/c1-32(14-4-3-13(24)16(23)17(14)25)19(34)35-18-12(22(29,30)31)7-11(21(26,27)28)8-15(18)33-9-20(10-33)5-2-6-20/h3-4,7-8H,2,5-6,9-10H2,1H3. The van der Waals surface area contributed by atoms with Crippen molar-refractivity contribution in [1.82, 2.24) is 0 Å². The van der Waals surface area contributed by atoms with Crippen LogP contribution in [0.1, 0.15) is 30.4 Å². The molecule has 1 aliphatic heterocycles. The molecule has 2 aromatic carbocycles. The molecular formula is C22H17ClF8N2O2. The maximum atomic E-state index is 14.3. The molecule has 13 heteroatoms. The van der Waals surface area contributed by atoms with Crippen molar-refractivity contribution in [1.29, 1.82) is 0 Å². The summed E-state index contributed by atoms with van der Waals surface area (Å²) in [5.41, 5.74) is -4.71. The van der Waals surface area contributed by atoms with Crippen molar-refractivity contribution in [2.45, 2.75) is 31.6 Å². The molecule has 1 heterocycles. The van der Waals surface area contributed by atoms with Crippen LogP contribution in [0.25, 0.3) is 0 Å². The minimum absolute atomic E-state index is 0.139. The third kappa shape index (κ3) is 4.60. The largest absolute Gasteiger partial charge is 0.420 e. The van der Waals surface area contributed by atoms with Crippen molar-refractivity contribution >= 4 is 29.1 Å². The Morgan fingerprint density at radius 2 is 1.69 bits per heavy atom. The molecule has 1 aliphatic carbocycles. The number of halogens is 9. The summed E-state index contributed by atoms with van der Waals surface area (Å²) >= 11 is 5.49. The Hall–Kier alpha value is -2.76. The van der Waals surface area contributed by atoms with Crippen LogP contribution in [0.3, 0.4) is 0 Å². The topological polar surface area (TPSA) is 32.8 Å². The Kier molecular flexibility index (Phi) is 6.10. The first-order chi connectivity index (χ1) is 16.1. The van der Waals surface area contributed by atoms with E-state index in [1.165, 1.54) is 4.90 Å². The summed E-state index contributed by atoms with van der Waals surface area (Å²) in [5, 5.41) is -0.959. The van der Waals surface area contributed by atoms with Crippen molar-refractivity contribution < 1.29 is 44.7 Å². The Morgan fingerprint density at radius 3 is 2.20 bits per heavy atom. The molecule has 1 amide bonds. The number of nitrogens with zero attached hydrogens (tertiary/aromatic N) is 2. The van der Waals surface area contributed by atoms with Gasteiger partial charge in [-0.15, -0.1) is 0 Å². The van der Waals surface area contributed by atoms with Gasteiger partial charge in [0.15, 0.2) is 11.6 Å². The van der Waals surface area contributed by atoms with Gasteiger partial charge in [-0.2, -0.15) is 26.3 Å². The van der Waals surface area contributed by atoms with Gasteiger partial charge in [0.1, 0.15) is 16.4 Å². The monoisotopic (exact) mass is 528 g/mol. The van der Waals surface area contributed by atoms with E-state index >= 15 is 0 Å². The molecular weight excluding hydrogens is 512 g/mol. The lowest BCUT2D eigenvalue weighted by molar-refractivity contribution is -0.143. The Balaban J connectivity index is 1.76. The third-order valence-electron chi connectivity index (χ3n) is 6.35. The molecule has 1 saturated carbocycles. The molecule has 1 saturated heterocycles. The molecule has 0 N–H and O–H groups in total. The smallest absolute Gasteiger partial charge is 0.407 e. The van der Waals surface area contributed by atoms with Gasteiger partial charge in [-0.25, -0.2) is 13.6 Å². The van der Waals surface area contributed by atoms with Crippen LogP contribution in [0, 0.1) is 17.0 Å². The van der Waals surface area contributed by atoms with Crippen LogP contribution in [-0.2, 0) is 12.4 Å². The number of alkyl halides is 6. The average molecular weight is 529 g/mol. The molecule has 0 atom stereocenters. The molecule has 0 unspecified atom stereocenters. The van der Waals surface area contributed by atoms with Crippen molar-refractivity contribution in [2.24, 2.45) is 5.41 Å². The lowest BCUT2D eigenvalue weighted by Gasteiger charge is -2.57. The van der Waals surface area contributed by atoms with Gasteiger partial charge in [0.2, 0.25) is 0 Å². The zero-order valence-corrected chi connectivity index (χ0v) is 18.7. The molecule has 35 heavy (non-hydrogen) atoms. The first kappa shape index (κ1) is 25.3. The van der Waals surface area contributed by atoms with Crippen LogP contribution in [0.15, 0.2) is 24.3 Å². The van der Waals surface area contributed by atoms with Gasteiger partial charge in [-0.05, 0) is 37.1 Å². The van der Waals surface area contributed by atoms with Crippen LogP contribution in [0.2, 0.25) is 5.02 Å². The third-order valence-corrected chi connectivity index (χ3v) is 6.70. The molecule has 190 valence electrons.